The van der Waals surface area contributed by atoms with Gasteiger partial charge in [-0.05, 0) is 55.0 Å². The molecular formula is C25H21FN4O. The van der Waals surface area contributed by atoms with Crippen molar-refractivity contribution in [3.63, 3.8) is 0 Å². The van der Waals surface area contributed by atoms with Gasteiger partial charge < -0.3 is 15.1 Å². The number of anilines is 5. The molecular weight excluding hydrogens is 391 g/mol. The van der Waals surface area contributed by atoms with Crippen LogP contribution < -0.4 is 15.8 Å². The Morgan fingerprint density at radius 2 is 1.58 bits per heavy atom. The molecule has 0 radical (unpaired) electrons. The van der Waals surface area contributed by atoms with Crippen molar-refractivity contribution in [1.82, 2.24) is 4.98 Å². The summed E-state index contributed by atoms with van der Waals surface area (Å²) < 4.78 is 19.9. The first-order valence-corrected chi connectivity index (χ1v) is 9.98. The second kappa shape index (κ2) is 7.65. The predicted molar refractivity (Wildman–Crippen MR) is 125 cm³/mol. The summed E-state index contributed by atoms with van der Waals surface area (Å²) in [7, 11) is 1.38. The predicted octanol–water partition coefficient (Wildman–Crippen LogP) is 7.10. The number of aromatic nitrogens is 1. The molecule has 0 unspecified atom stereocenters. The smallest absolute Gasteiger partial charge is 0.153 e. The van der Waals surface area contributed by atoms with Crippen molar-refractivity contribution in [2.75, 3.05) is 22.8 Å². The van der Waals surface area contributed by atoms with Crippen LogP contribution in [0, 0.1) is 6.92 Å². The van der Waals surface area contributed by atoms with Crippen LogP contribution >= 0.6 is 0 Å². The molecule has 0 aliphatic rings. The van der Waals surface area contributed by atoms with Gasteiger partial charge in [-0.15, -0.1) is 4.48 Å². The Kier molecular flexibility index (Phi) is 4.67. The van der Waals surface area contributed by atoms with Crippen LogP contribution in [0.2, 0.25) is 0 Å². The van der Waals surface area contributed by atoms with Gasteiger partial charge in [0.1, 0.15) is 5.58 Å². The highest BCUT2D eigenvalue weighted by Crippen LogP contribution is 2.36. The summed E-state index contributed by atoms with van der Waals surface area (Å²) in [4.78, 5) is 4.15. The third-order valence-electron chi connectivity index (χ3n) is 5.27. The second-order valence-corrected chi connectivity index (χ2v) is 7.43. The third kappa shape index (κ3) is 3.53. The van der Waals surface area contributed by atoms with Crippen LogP contribution in [0.1, 0.15) is 5.56 Å². The molecule has 2 heterocycles. The Labute approximate surface area is 179 Å². The summed E-state index contributed by atoms with van der Waals surface area (Å²) in [6.07, 6.45) is 3.51. The van der Waals surface area contributed by atoms with E-state index in [1.807, 2.05) is 55.5 Å². The molecule has 0 spiro atoms. The van der Waals surface area contributed by atoms with E-state index in [4.69, 9.17) is 4.42 Å². The van der Waals surface area contributed by atoms with Gasteiger partial charge in [0.25, 0.3) is 0 Å². The summed E-state index contributed by atoms with van der Waals surface area (Å²) >= 11 is 0. The molecule has 154 valence electrons. The molecule has 0 atom stereocenters. The number of pyridine rings is 1. The minimum Gasteiger partial charge on any atom is -0.454 e. The highest BCUT2D eigenvalue weighted by atomic mass is 19.2. The first-order valence-electron chi connectivity index (χ1n) is 9.98. The quantitative estimate of drug-likeness (QED) is 0.302. The lowest BCUT2D eigenvalue weighted by molar-refractivity contribution is 0.476. The van der Waals surface area contributed by atoms with Crippen molar-refractivity contribution in [2.45, 2.75) is 6.92 Å². The lowest BCUT2D eigenvalue weighted by Crippen LogP contribution is -2.06. The van der Waals surface area contributed by atoms with Gasteiger partial charge in [-0.25, -0.2) is 5.12 Å². The summed E-state index contributed by atoms with van der Waals surface area (Å²) in [5.74, 6) is 0. The molecule has 2 N–H and O–H groups in total. The van der Waals surface area contributed by atoms with Gasteiger partial charge in [0.05, 0.1) is 28.9 Å². The van der Waals surface area contributed by atoms with Crippen molar-refractivity contribution in [1.29, 1.82) is 0 Å². The zero-order valence-electron chi connectivity index (χ0n) is 17.2. The molecule has 5 nitrogen and oxygen atoms in total. The molecule has 0 amide bonds. The van der Waals surface area contributed by atoms with E-state index in [0.717, 1.165) is 44.6 Å². The number of halogens is 1. The zero-order valence-corrected chi connectivity index (χ0v) is 17.2. The summed E-state index contributed by atoms with van der Waals surface area (Å²) in [6, 6.07) is 21.2. The van der Waals surface area contributed by atoms with E-state index in [-0.39, 0.29) is 0 Å². The largest absolute Gasteiger partial charge is 0.454 e. The Bertz CT molecular complexity index is 1390. The molecule has 31 heavy (non-hydrogen) atoms. The normalized spacial score (nSPS) is 11.1. The zero-order chi connectivity index (χ0) is 21.4. The second-order valence-electron chi connectivity index (χ2n) is 7.43. The number of hydrogen-bond acceptors (Lipinski definition) is 5. The van der Waals surface area contributed by atoms with Crippen molar-refractivity contribution in [2.24, 2.45) is 0 Å². The van der Waals surface area contributed by atoms with E-state index in [9.17, 15) is 4.48 Å². The maximum Gasteiger partial charge on any atom is 0.153 e. The standard InChI is InChI=1S/C25H21FN4O/c1-16-13-17(14-19-18-11-12-27-15-24(18)31-25(16)19)28-20-7-3-4-8-21(20)29-22-9-5-6-10-23(22)30(2)26/h3-15,28-29H,1-2H3. The topological polar surface area (TPSA) is 53.3 Å². The van der Waals surface area contributed by atoms with Gasteiger partial charge in [-0.3, -0.25) is 4.98 Å². The number of aryl methyl sites for hydroxylation is 1. The molecule has 0 fully saturated rings. The number of para-hydroxylation sites is 4. The fraction of sp³-hybridized carbons (Fsp3) is 0.0800. The van der Waals surface area contributed by atoms with Gasteiger partial charge >= 0.3 is 0 Å². The lowest BCUT2D eigenvalue weighted by atomic mass is 10.1. The molecule has 0 aliphatic carbocycles. The van der Waals surface area contributed by atoms with Crippen LogP contribution in [0.15, 0.2) is 83.5 Å². The van der Waals surface area contributed by atoms with E-state index in [2.05, 4.69) is 27.8 Å². The average Bonchev–Trinajstić information content (AvgIpc) is 3.15. The average molecular weight is 412 g/mol. The van der Waals surface area contributed by atoms with E-state index < -0.39 is 0 Å². The van der Waals surface area contributed by atoms with Gasteiger partial charge in [0, 0.05) is 29.7 Å². The molecule has 0 aliphatic heterocycles. The first-order chi connectivity index (χ1) is 15.1. The molecule has 0 saturated carbocycles. The molecule has 0 saturated heterocycles. The van der Waals surface area contributed by atoms with Gasteiger partial charge in [0.2, 0.25) is 0 Å². The van der Waals surface area contributed by atoms with Gasteiger partial charge in [-0.2, -0.15) is 0 Å². The van der Waals surface area contributed by atoms with E-state index in [1.165, 1.54) is 7.05 Å². The first kappa shape index (κ1) is 18.9. The minimum absolute atomic E-state index is 0.466. The van der Waals surface area contributed by atoms with Crippen molar-refractivity contribution in [3.05, 3.63) is 84.7 Å². The molecule has 2 aromatic heterocycles. The number of nitrogens with one attached hydrogen (secondary N) is 2. The Hall–Kier alpha value is -4.06. The lowest BCUT2D eigenvalue weighted by Gasteiger charge is -2.18. The maximum atomic E-state index is 13.9. The number of nitrogens with zero attached hydrogens (tertiary/aromatic N) is 2. The molecule has 3 aromatic carbocycles. The number of fused-ring (bicyclic) bond motifs is 3. The van der Waals surface area contributed by atoms with Crippen molar-refractivity contribution in [3.8, 4) is 0 Å². The van der Waals surface area contributed by atoms with Crippen LogP contribution in [0.3, 0.4) is 0 Å². The monoisotopic (exact) mass is 412 g/mol. The van der Waals surface area contributed by atoms with E-state index >= 15 is 0 Å². The maximum absolute atomic E-state index is 13.9. The summed E-state index contributed by atoms with van der Waals surface area (Å²) in [5, 5.41) is 9.52. The number of benzene rings is 3. The number of hydrogen-bond donors (Lipinski definition) is 2. The number of rotatable bonds is 5. The van der Waals surface area contributed by atoms with Crippen LogP contribution in [0.25, 0.3) is 21.9 Å². The Morgan fingerprint density at radius 1 is 0.871 bits per heavy atom. The van der Waals surface area contributed by atoms with Gasteiger partial charge in [-0.1, -0.05) is 24.3 Å². The molecule has 5 rings (SSSR count). The van der Waals surface area contributed by atoms with Crippen LogP contribution in [-0.2, 0) is 0 Å². The minimum atomic E-state index is 0.466. The molecule has 5 aromatic rings. The van der Waals surface area contributed by atoms with Crippen LogP contribution in [-0.4, -0.2) is 12.0 Å². The SMILES string of the molecule is Cc1cc(Nc2ccccc2Nc2ccccc2N(C)F)cc2c1oc1cnccc12. The fourth-order valence-corrected chi connectivity index (χ4v) is 3.83. The third-order valence-corrected chi connectivity index (χ3v) is 5.27. The van der Waals surface area contributed by atoms with Gasteiger partial charge in [0.15, 0.2) is 5.58 Å². The van der Waals surface area contributed by atoms with E-state index in [0.29, 0.717) is 16.5 Å². The van der Waals surface area contributed by atoms with Crippen LogP contribution in [0.4, 0.5) is 32.9 Å². The highest BCUT2D eigenvalue weighted by molar-refractivity contribution is 6.07. The van der Waals surface area contributed by atoms with Crippen molar-refractivity contribution < 1.29 is 8.90 Å². The Morgan fingerprint density at radius 3 is 2.35 bits per heavy atom. The van der Waals surface area contributed by atoms with Crippen molar-refractivity contribution >= 4 is 50.4 Å². The summed E-state index contributed by atoms with van der Waals surface area (Å²) in [6.45, 7) is 2.03. The summed E-state index contributed by atoms with van der Waals surface area (Å²) in [5.41, 5.74) is 6.48. The molecule has 6 heteroatoms. The molecule has 0 bridgehead atoms. The Balaban J connectivity index is 1.53. The highest BCUT2D eigenvalue weighted by Gasteiger charge is 2.12. The fourth-order valence-electron chi connectivity index (χ4n) is 3.83. The number of furan rings is 1. The van der Waals surface area contributed by atoms with Crippen LogP contribution in [0.5, 0.6) is 0 Å². The van der Waals surface area contributed by atoms with E-state index in [1.54, 1.807) is 18.5 Å².